The fourth-order valence-corrected chi connectivity index (χ4v) is 5.81. The molecule has 1 saturated carbocycles. The smallest absolute Gasteiger partial charge is 0.134 e. The summed E-state index contributed by atoms with van der Waals surface area (Å²) in [5, 5.41) is 0. The van der Waals surface area contributed by atoms with Gasteiger partial charge in [-0.05, 0) is 61.5 Å². The molecule has 3 heteroatoms. The standard InChI is InChI=1S/C20H27NO2/c1-4-13-9-15(22)12-20-7-8-21(2)18(19(13)20)10-14-5-6-16(23-3)11-17(14)20/h5-6,11,13,18-19H,4,7-10,12H2,1-3H3/t13-,18?,19-,20?/m1/s1. The highest BCUT2D eigenvalue weighted by molar-refractivity contribution is 5.82. The summed E-state index contributed by atoms with van der Waals surface area (Å²) in [5.41, 5.74) is 2.90. The number of likely N-dealkylation sites (N-methyl/N-ethyl adjacent to an activating group) is 1. The highest BCUT2D eigenvalue weighted by atomic mass is 16.5. The van der Waals surface area contributed by atoms with Crippen molar-refractivity contribution in [1.82, 2.24) is 4.90 Å². The highest BCUT2D eigenvalue weighted by Crippen LogP contribution is 2.57. The van der Waals surface area contributed by atoms with Crippen molar-refractivity contribution in [3.8, 4) is 5.75 Å². The fraction of sp³-hybridized carbons (Fsp3) is 0.650. The zero-order valence-corrected chi connectivity index (χ0v) is 14.5. The van der Waals surface area contributed by atoms with Crippen LogP contribution in [0.1, 0.15) is 43.7 Å². The number of fused-ring (bicyclic) bond motifs is 1. The van der Waals surface area contributed by atoms with E-state index in [2.05, 4.69) is 37.1 Å². The minimum atomic E-state index is 0.0509. The molecule has 2 fully saturated rings. The number of piperidine rings is 1. The number of carbonyl (C=O) groups excluding carboxylic acids is 1. The Morgan fingerprint density at radius 2 is 2.17 bits per heavy atom. The molecule has 1 aromatic carbocycles. The number of methoxy groups -OCH3 is 1. The number of nitrogens with zero attached hydrogens (tertiary/aromatic N) is 1. The molecule has 124 valence electrons. The Morgan fingerprint density at radius 1 is 1.35 bits per heavy atom. The first-order chi connectivity index (χ1) is 11.1. The van der Waals surface area contributed by atoms with Crippen LogP contribution in [0.2, 0.25) is 0 Å². The third-order valence-corrected chi connectivity index (χ3v) is 6.85. The van der Waals surface area contributed by atoms with Crippen molar-refractivity contribution in [1.29, 1.82) is 0 Å². The third-order valence-electron chi connectivity index (χ3n) is 6.85. The van der Waals surface area contributed by atoms with E-state index in [-0.39, 0.29) is 5.41 Å². The second-order valence-corrected chi connectivity index (χ2v) is 7.79. The van der Waals surface area contributed by atoms with Gasteiger partial charge in [-0.15, -0.1) is 0 Å². The van der Waals surface area contributed by atoms with Crippen molar-refractivity contribution in [3.63, 3.8) is 0 Å². The van der Waals surface area contributed by atoms with E-state index in [1.165, 1.54) is 11.1 Å². The number of likely N-dealkylation sites (tertiary alicyclic amines) is 1. The van der Waals surface area contributed by atoms with Gasteiger partial charge in [-0.25, -0.2) is 0 Å². The topological polar surface area (TPSA) is 29.5 Å². The Balaban J connectivity index is 1.91. The summed E-state index contributed by atoms with van der Waals surface area (Å²) in [6, 6.07) is 7.13. The second-order valence-electron chi connectivity index (χ2n) is 7.79. The van der Waals surface area contributed by atoms with Crippen LogP contribution >= 0.6 is 0 Å². The average molecular weight is 313 g/mol. The van der Waals surface area contributed by atoms with Crippen LogP contribution in [-0.4, -0.2) is 37.4 Å². The lowest BCUT2D eigenvalue weighted by Crippen LogP contribution is -2.63. The molecule has 0 aromatic heterocycles. The van der Waals surface area contributed by atoms with Crippen molar-refractivity contribution in [2.24, 2.45) is 11.8 Å². The van der Waals surface area contributed by atoms with Crippen molar-refractivity contribution < 1.29 is 9.53 Å². The Morgan fingerprint density at radius 3 is 2.91 bits per heavy atom. The van der Waals surface area contributed by atoms with E-state index in [9.17, 15) is 4.79 Å². The van der Waals surface area contributed by atoms with Crippen LogP contribution in [-0.2, 0) is 16.6 Å². The number of ketones is 1. The van der Waals surface area contributed by atoms with Gasteiger partial charge in [0, 0.05) is 24.3 Å². The molecule has 2 aliphatic carbocycles. The van der Waals surface area contributed by atoms with Gasteiger partial charge < -0.3 is 9.64 Å². The fourth-order valence-electron chi connectivity index (χ4n) is 5.81. The number of ether oxygens (including phenoxy) is 1. The maximum Gasteiger partial charge on any atom is 0.134 e. The highest BCUT2D eigenvalue weighted by Gasteiger charge is 2.57. The van der Waals surface area contributed by atoms with Crippen LogP contribution in [0.3, 0.4) is 0 Å². The third kappa shape index (κ3) is 2.09. The van der Waals surface area contributed by atoms with Crippen LogP contribution < -0.4 is 4.74 Å². The van der Waals surface area contributed by atoms with Crippen LogP contribution in [0.15, 0.2) is 18.2 Å². The minimum absolute atomic E-state index is 0.0509. The molecule has 3 aliphatic rings. The van der Waals surface area contributed by atoms with E-state index in [1.807, 2.05) is 0 Å². The minimum Gasteiger partial charge on any atom is -0.497 e. The maximum absolute atomic E-state index is 12.6. The van der Waals surface area contributed by atoms with Crippen molar-refractivity contribution in [2.75, 3.05) is 20.7 Å². The number of rotatable bonds is 2. The molecule has 4 rings (SSSR count). The lowest BCUT2D eigenvalue weighted by Gasteiger charge is -2.60. The summed E-state index contributed by atoms with van der Waals surface area (Å²) in [7, 11) is 4.00. The van der Waals surface area contributed by atoms with E-state index in [1.54, 1.807) is 7.11 Å². The first-order valence-corrected chi connectivity index (χ1v) is 8.98. The Labute approximate surface area is 139 Å². The quantitative estimate of drug-likeness (QED) is 0.840. The normalized spacial score (nSPS) is 36.3. The van der Waals surface area contributed by atoms with Gasteiger partial charge in [0.15, 0.2) is 0 Å². The molecule has 0 radical (unpaired) electrons. The van der Waals surface area contributed by atoms with Gasteiger partial charge in [0.05, 0.1) is 7.11 Å². The molecule has 3 nitrogen and oxygen atoms in total. The maximum atomic E-state index is 12.6. The van der Waals surface area contributed by atoms with E-state index in [0.29, 0.717) is 23.7 Å². The lowest BCUT2D eigenvalue weighted by molar-refractivity contribution is -0.131. The number of carbonyl (C=O) groups is 1. The molecule has 0 N–H and O–H groups in total. The van der Waals surface area contributed by atoms with Crippen LogP contribution in [0.4, 0.5) is 0 Å². The molecule has 1 aliphatic heterocycles. The number of benzene rings is 1. The SMILES string of the molecule is CC[C@@H]1CC(=O)CC23CCN(C)C(Cc4ccc(OC)cc42)[C@@H]13. The van der Waals surface area contributed by atoms with E-state index in [4.69, 9.17) is 4.74 Å². The van der Waals surface area contributed by atoms with Gasteiger partial charge in [-0.3, -0.25) is 4.79 Å². The predicted octanol–water partition coefficient (Wildman–Crippen LogP) is 3.20. The Bertz CT molecular complexity index is 641. The van der Waals surface area contributed by atoms with Gasteiger partial charge in [-0.1, -0.05) is 19.4 Å². The van der Waals surface area contributed by atoms with Gasteiger partial charge in [-0.2, -0.15) is 0 Å². The summed E-state index contributed by atoms with van der Waals surface area (Å²) < 4.78 is 5.50. The lowest BCUT2D eigenvalue weighted by atomic mass is 9.49. The largest absolute Gasteiger partial charge is 0.497 e. The predicted molar refractivity (Wildman–Crippen MR) is 90.9 cm³/mol. The monoisotopic (exact) mass is 313 g/mol. The Hall–Kier alpha value is -1.35. The zero-order chi connectivity index (χ0) is 16.2. The van der Waals surface area contributed by atoms with Gasteiger partial charge in [0.1, 0.15) is 11.5 Å². The molecular formula is C20H27NO2. The van der Waals surface area contributed by atoms with Gasteiger partial charge in [0.25, 0.3) is 0 Å². The van der Waals surface area contributed by atoms with E-state index in [0.717, 1.165) is 44.4 Å². The molecule has 23 heavy (non-hydrogen) atoms. The first-order valence-electron chi connectivity index (χ1n) is 8.98. The summed E-state index contributed by atoms with van der Waals surface area (Å²) in [6.45, 7) is 3.36. The molecule has 0 spiro atoms. The van der Waals surface area contributed by atoms with Crippen molar-refractivity contribution in [3.05, 3.63) is 29.3 Å². The van der Waals surface area contributed by atoms with E-state index >= 15 is 0 Å². The summed E-state index contributed by atoms with van der Waals surface area (Å²) >= 11 is 0. The average Bonchev–Trinajstić information content (AvgIpc) is 2.56. The molecule has 0 amide bonds. The first kappa shape index (κ1) is 15.2. The van der Waals surface area contributed by atoms with Crippen LogP contribution in [0, 0.1) is 11.8 Å². The van der Waals surface area contributed by atoms with Gasteiger partial charge >= 0.3 is 0 Å². The molecule has 2 bridgehead atoms. The Kier molecular flexibility index (Phi) is 3.53. The van der Waals surface area contributed by atoms with Gasteiger partial charge in [0.2, 0.25) is 0 Å². The molecule has 1 heterocycles. The second kappa shape index (κ2) is 5.34. The molecule has 2 unspecified atom stereocenters. The molecular weight excluding hydrogens is 286 g/mol. The molecule has 1 saturated heterocycles. The van der Waals surface area contributed by atoms with Crippen molar-refractivity contribution >= 4 is 5.78 Å². The number of hydrogen-bond donors (Lipinski definition) is 0. The van der Waals surface area contributed by atoms with E-state index < -0.39 is 0 Å². The van der Waals surface area contributed by atoms with Crippen LogP contribution in [0.5, 0.6) is 5.75 Å². The number of Topliss-reactive ketones (excluding diaryl/α,β-unsaturated/α-hetero) is 1. The summed E-state index contributed by atoms with van der Waals surface area (Å²) in [5.74, 6) is 2.54. The zero-order valence-electron chi connectivity index (χ0n) is 14.5. The number of hydrogen-bond acceptors (Lipinski definition) is 3. The van der Waals surface area contributed by atoms with Crippen molar-refractivity contribution in [2.45, 2.75) is 50.5 Å². The molecule has 1 aromatic rings. The summed E-state index contributed by atoms with van der Waals surface area (Å²) in [6.07, 6.45) is 4.85. The van der Waals surface area contributed by atoms with Crippen LogP contribution in [0.25, 0.3) is 0 Å². The molecule has 4 atom stereocenters. The summed E-state index contributed by atoms with van der Waals surface area (Å²) in [4.78, 5) is 15.1.